The van der Waals surface area contributed by atoms with Crippen molar-refractivity contribution in [2.75, 3.05) is 18.4 Å². The number of nitrogens with two attached hydrogens (primary N) is 1. The van der Waals surface area contributed by atoms with Gasteiger partial charge in [0.25, 0.3) is 0 Å². The molecular weight excluding hydrogens is 252 g/mol. The Morgan fingerprint density at radius 1 is 1.53 bits per heavy atom. The monoisotopic (exact) mass is 269 g/mol. The van der Waals surface area contributed by atoms with Gasteiger partial charge in [-0.25, -0.2) is 13.6 Å². The predicted octanol–water partition coefficient (Wildman–Crippen LogP) is 2.17. The molecule has 1 fully saturated rings. The standard InChI is InChI=1S/C13H17F2N3O/c1-8-4-9(6-16)7-18(8)13(19)17-12-3-2-10(14)5-11(12)15/h2-3,5,8-9H,4,6-7,16H2,1H3,(H,17,19). The summed E-state index contributed by atoms with van der Waals surface area (Å²) in [5.41, 5.74) is 5.57. The average molecular weight is 269 g/mol. The molecule has 0 aromatic heterocycles. The number of likely N-dealkylation sites (tertiary alicyclic amines) is 1. The van der Waals surface area contributed by atoms with Gasteiger partial charge in [0.2, 0.25) is 0 Å². The van der Waals surface area contributed by atoms with Crippen molar-refractivity contribution in [3.8, 4) is 0 Å². The maximum Gasteiger partial charge on any atom is 0.322 e. The minimum Gasteiger partial charge on any atom is -0.330 e. The van der Waals surface area contributed by atoms with Crippen LogP contribution < -0.4 is 11.1 Å². The third kappa shape index (κ3) is 3.01. The summed E-state index contributed by atoms with van der Waals surface area (Å²) in [6.45, 7) is 3.02. The summed E-state index contributed by atoms with van der Waals surface area (Å²) < 4.78 is 26.2. The van der Waals surface area contributed by atoms with Crippen LogP contribution in [0.2, 0.25) is 0 Å². The second kappa shape index (κ2) is 5.52. The number of nitrogens with one attached hydrogen (secondary N) is 1. The van der Waals surface area contributed by atoms with Crippen LogP contribution in [0.15, 0.2) is 18.2 Å². The van der Waals surface area contributed by atoms with Crippen LogP contribution in [0.25, 0.3) is 0 Å². The molecule has 0 spiro atoms. The third-order valence-electron chi connectivity index (χ3n) is 3.43. The summed E-state index contributed by atoms with van der Waals surface area (Å²) in [5.74, 6) is -1.18. The number of benzene rings is 1. The normalized spacial score (nSPS) is 22.6. The van der Waals surface area contributed by atoms with E-state index >= 15 is 0 Å². The van der Waals surface area contributed by atoms with Crippen molar-refractivity contribution in [2.24, 2.45) is 11.7 Å². The molecule has 2 rings (SSSR count). The van der Waals surface area contributed by atoms with Gasteiger partial charge in [0.1, 0.15) is 11.6 Å². The molecule has 1 aromatic rings. The number of carbonyl (C=O) groups is 1. The number of urea groups is 1. The molecule has 0 aliphatic carbocycles. The number of anilines is 1. The maximum atomic E-state index is 13.4. The van der Waals surface area contributed by atoms with Crippen LogP contribution in [0.3, 0.4) is 0 Å². The molecule has 2 unspecified atom stereocenters. The molecule has 1 heterocycles. The second-order valence-electron chi connectivity index (χ2n) is 4.89. The fraction of sp³-hybridized carbons (Fsp3) is 0.462. The van der Waals surface area contributed by atoms with Gasteiger partial charge in [0.05, 0.1) is 5.69 Å². The Labute approximate surface area is 110 Å². The number of amides is 2. The number of carbonyl (C=O) groups excluding carboxylic acids is 1. The van der Waals surface area contributed by atoms with E-state index in [0.717, 1.165) is 18.6 Å². The van der Waals surface area contributed by atoms with E-state index in [1.165, 1.54) is 6.07 Å². The summed E-state index contributed by atoms with van der Waals surface area (Å²) in [4.78, 5) is 13.7. The molecule has 2 amide bonds. The van der Waals surface area contributed by atoms with Crippen LogP contribution in [0.1, 0.15) is 13.3 Å². The highest BCUT2D eigenvalue weighted by atomic mass is 19.1. The summed E-state index contributed by atoms with van der Waals surface area (Å²) >= 11 is 0. The molecule has 1 aliphatic heterocycles. The molecule has 2 atom stereocenters. The van der Waals surface area contributed by atoms with Gasteiger partial charge in [-0.1, -0.05) is 0 Å². The van der Waals surface area contributed by atoms with Gasteiger partial charge >= 0.3 is 6.03 Å². The SMILES string of the molecule is CC1CC(CN)CN1C(=O)Nc1ccc(F)cc1F. The Kier molecular flexibility index (Phi) is 3.99. The van der Waals surface area contributed by atoms with Crippen molar-refractivity contribution >= 4 is 11.7 Å². The molecule has 4 nitrogen and oxygen atoms in total. The van der Waals surface area contributed by atoms with Gasteiger partial charge in [0, 0.05) is 18.7 Å². The van der Waals surface area contributed by atoms with E-state index in [4.69, 9.17) is 5.73 Å². The van der Waals surface area contributed by atoms with Gasteiger partial charge in [-0.05, 0) is 37.9 Å². The van der Waals surface area contributed by atoms with Crippen molar-refractivity contribution in [3.05, 3.63) is 29.8 Å². The molecule has 1 aliphatic rings. The zero-order valence-electron chi connectivity index (χ0n) is 10.7. The lowest BCUT2D eigenvalue weighted by atomic mass is 10.1. The maximum absolute atomic E-state index is 13.4. The quantitative estimate of drug-likeness (QED) is 0.864. The van der Waals surface area contributed by atoms with Gasteiger partial charge in [0.15, 0.2) is 0 Å². The Morgan fingerprint density at radius 3 is 2.84 bits per heavy atom. The van der Waals surface area contributed by atoms with E-state index in [9.17, 15) is 13.6 Å². The predicted molar refractivity (Wildman–Crippen MR) is 68.7 cm³/mol. The average Bonchev–Trinajstić information content (AvgIpc) is 2.74. The largest absolute Gasteiger partial charge is 0.330 e. The Morgan fingerprint density at radius 2 is 2.26 bits per heavy atom. The lowest BCUT2D eigenvalue weighted by Crippen LogP contribution is -2.38. The highest BCUT2D eigenvalue weighted by Crippen LogP contribution is 2.23. The first kappa shape index (κ1) is 13.7. The van der Waals surface area contributed by atoms with Gasteiger partial charge in [-0.2, -0.15) is 0 Å². The van der Waals surface area contributed by atoms with E-state index in [-0.39, 0.29) is 23.7 Å². The molecule has 6 heteroatoms. The van der Waals surface area contributed by atoms with Gasteiger partial charge in [-0.15, -0.1) is 0 Å². The summed E-state index contributed by atoms with van der Waals surface area (Å²) in [7, 11) is 0. The van der Waals surface area contributed by atoms with E-state index in [0.29, 0.717) is 13.1 Å². The molecule has 104 valence electrons. The van der Waals surface area contributed by atoms with E-state index in [1.54, 1.807) is 4.90 Å². The van der Waals surface area contributed by atoms with Crippen molar-refractivity contribution in [1.29, 1.82) is 0 Å². The van der Waals surface area contributed by atoms with Crippen molar-refractivity contribution in [1.82, 2.24) is 4.90 Å². The highest BCUT2D eigenvalue weighted by Gasteiger charge is 2.31. The number of rotatable bonds is 2. The van der Waals surface area contributed by atoms with Crippen LogP contribution in [0.5, 0.6) is 0 Å². The fourth-order valence-corrected chi connectivity index (χ4v) is 2.37. The first-order chi connectivity index (χ1) is 9.01. The van der Waals surface area contributed by atoms with E-state index in [1.807, 2.05) is 6.92 Å². The molecule has 1 aromatic carbocycles. The number of halogens is 2. The zero-order valence-corrected chi connectivity index (χ0v) is 10.7. The van der Waals surface area contributed by atoms with Crippen molar-refractivity contribution in [3.63, 3.8) is 0 Å². The lowest BCUT2D eigenvalue weighted by molar-refractivity contribution is 0.209. The molecule has 1 saturated heterocycles. The van der Waals surface area contributed by atoms with E-state index < -0.39 is 11.6 Å². The molecular formula is C13H17F2N3O. The van der Waals surface area contributed by atoms with Crippen LogP contribution >= 0.6 is 0 Å². The first-order valence-electron chi connectivity index (χ1n) is 6.24. The first-order valence-corrected chi connectivity index (χ1v) is 6.24. The van der Waals surface area contributed by atoms with Crippen LogP contribution in [-0.4, -0.2) is 30.1 Å². The minimum atomic E-state index is -0.782. The Bertz CT molecular complexity index is 481. The molecule has 3 N–H and O–H groups in total. The van der Waals surface area contributed by atoms with Crippen LogP contribution in [0, 0.1) is 17.6 Å². The zero-order chi connectivity index (χ0) is 14.0. The summed E-state index contributed by atoms with van der Waals surface area (Å²) in [6.07, 6.45) is 0.843. The minimum absolute atomic E-state index is 0.0187. The van der Waals surface area contributed by atoms with Crippen LogP contribution in [-0.2, 0) is 0 Å². The molecule has 0 bridgehead atoms. The van der Waals surface area contributed by atoms with Gasteiger partial charge < -0.3 is 16.0 Å². The number of nitrogens with zero attached hydrogens (tertiary/aromatic N) is 1. The lowest BCUT2D eigenvalue weighted by Gasteiger charge is -2.22. The summed E-state index contributed by atoms with van der Waals surface area (Å²) in [5, 5.41) is 2.46. The van der Waals surface area contributed by atoms with E-state index in [2.05, 4.69) is 5.32 Å². The Hall–Kier alpha value is -1.69. The third-order valence-corrected chi connectivity index (χ3v) is 3.43. The molecule has 19 heavy (non-hydrogen) atoms. The Balaban J connectivity index is 2.05. The van der Waals surface area contributed by atoms with Crippen molar-refractivity contribution < 1.29 is 13.6 Å². The number of hydrogen-bond donors (Lipinski definition) is 2. The molecule has 0 radical (unpaired) electrons. The van der Waals surface area contributed by atoms with Crippen LogP contribution in [0.4, 0.5) is 19.3 Å². The highest BCUT2D eigenvalue weighted by molar-refractivity contribution is 5.89. The van der Waals surface area contributed by atoms with Gasteiger partial charge in [-0.3, -0.25) is 0 Å². The topological polar surface area (TPSA) is 58.4 Å². The van der Waals surface area contributed by atoms with Crippen molar-refractivity contribution in [2.45, 2.75) is 19.4 Å². The summed E-state index contributed by atoms with van der Waals surface area (Å²) in [6, 6.07) is 2.75. The second-order valence-corrected chi connectivity index (χ2v) is 4.89. The molecule has 0 saturated carbocycles. The smallest absolute Gasteiger partial charge is 0.322 e. The number of hydrogen-bond acceptors (Lipinski definition) is 2. The fourth-order valence-electron chi connectivity index (χ4n) is 2.37.